The van der Waals surface area contributed by atoms with E-state index in [0.717, 1.165) is 17.0 Å². The Morgan fingerprint density at radius 2 is 1.34 bits per heavy atom. The molecule has 0 nitrogen and oxygen atoms in total. The van der Waals surface area contributed by atoms with Crippen LogP contribution in [0.1, 0.15) is 120 Å². The molecule has 2 heteroatoms. The normalized spacial score (nSPS) is 25.0. The lowest BCUT2D eigenvalue weighted by molar-refractivity contribution is 0.303. The minimum Gasteiger partial charge on any atom is -0.206 e. The molecule has 4 rings (SSSR count). The minimum atomic E-state index is -0.513. The van der Waals surface area contributed by atoms with E-state index in [1.54, 1.807) is 0 Å². The van der Waals surface area contributed by atoms with Crippen molar-refractivity contribution in [2.45, 2.75) is 127 Å². The SMILES string of the molecule is CCCCCC1CCC(c2ccc(-c3ccc(C4CC[SiH](CCCCC)CC4)cc3F)cc2)CC1. The van der Waals surface area contributed by atoms with Crippen LogP contribution in [0.15, 0.2) is 42.5 Å². The lowest BCUT2D eigenvalue weighted by atomic mass is 9.77. The number of halogens is 1. The standard InChI is InChI=1S/C33H49FSi/c1-3-5-7-9-26-10-12-27(13-11-26)28-14-16-30(17-15-28)32-19-18-31(25-33(32)34)29-20-23-35(24-21-29)22-8-6-4-2/h14-19,25-27,29,35H,3-13,20-24H2,1-2H3. The van der Waals surface area contributed by atoms with Gasteiger partial charge >= 0.3 is 0 Å². The molecule has 0 aromatic heterocycles. The number of hydrogen-bond donors (Lipinski definition) is 0. The molecule has 1 saturated carbocycles. The van der Waals surface area contributed by atoms with Crippen molar-refractivity contribution in [2.24, 2.45) is 5.92 Å². The summed E-state index contributed by atoms with van der Waals surface area (Å²) >= 11 is 0. The average Bonchev–Trinajstić information content (AvgIpc) is 2.90. The maximum atomic E-state index is 15.2. The molecule has 35 heavy (non-hydrogen) atoms. The molecule has 0 amide bonds. The van der Waals surface area contributed by atoms with Crippen LogP contribution in [0.25, 0.3) is 11.1 Å². The van der Waals surface area contributed by atoms with Gasteiger partial charge in [-0.05, 0) is 79.0 Å². The van der Waals surface area contributed by atoms with E-state index >= 15 is 4.39 Å². The molecule has 0 radical (unpaired) electrons. The Kier molecular flexibility index (Phi) is 10.5. The molecule has 1 heterocycles. The van der Waals surface area contributed by atoms with Crippen LogP contribution < -0.4 is 0 Å². The minimum absolute atomic E-state index is 0.0369. The van der Waals surface area contributed by atoms with Crippen molar-refractivity contribution >= 4 is 8.80 Å². The first-order valence-corrected chi connectivity index (χ1v) is 17.5. The van der Waals surface area contributed by atoms with Crippen molar-refractivity contribution < 1.29 is 4.39 Å². The summed E-state index contributed by atoms with van der Waals surface area (Å²) in [4.78, 5) is 0. The van der Waals surface area contributed by atoms with Gasteiger partial charge in [-0.25, -0.2) is 4.39 Å². The molecule has 192 valence electrons. The van der Waals surface area contributed by atoms with Gasteiger partial charge in [0.2, 0.25) is 0 Å². The summed E-state index contributed by atoms with van der Waals surface area (Å²) < 4.78 is 15.2. The van der Waals surface area contributed by atoms with Gasteiger partial charge in [0.1, 0.15) is 5.82 Å². The van der Waals surface area contributed by atoms with Crippen molar-refractivity contribution in [1.29, 1.82) is 0 Å². The predicted molar refractivity (Wildman–Crippen MR) is 154 cm³/mol. The van der Waals surface area contributed by atoms with Crippen LogP contribution in [0.2, 0.25) is 18.1 Å². The number of benzene rings is 2. The quantitative estimate of drug-likeness (QED) is 0.216. The van der Waals surface area contributed by atoms with Crippen LogP contribution in [-0.4, -0.2) is 8.80 Å². The van der Waals surface area contributed by atoms with E-state index in [1.807, 2.05) is 12.1 Å². The molecule has 1 saturated heterocycles. The molecule has 2 aromatic rings. The van der Waals surface area contributed by atoms with Gasteiger partial charge in [0.05, 0.1) is 0 Å². The second-order valence-corrected chi connectivity index (χ2v) is 15.3. The fourth-order valence-corrected chi connectivity index (χ4v) is 10.4. The first kappa shape index (κ1) is 26.6. The molecule has 0 bridgehead atoms. The van der Waals surface area contributed by atoms with Gasteiger partial charge in [0.25, 0.3) is 0 Å². The molecule has 2 aliphatic rings. The van der Waals surface area contributed by atoms with Crippen LogP contribution in [0.3, 0.4) is 0 Å². The molecule has 1 aliphatic heterocycles. The zero-order valence-electron chi connectivity index (χ0n) is 22.5. The first-order chi connectivity index (χ1) is 17.2. The maximum absolute atomic E-state index is 15.2. The fourth-order valence-electron chi connectivity index (χ4n) is 6.89. The summed E-state index contributed by atoms with van der Waals surface area (Å²) in [7, 11) is -0.513. The van der Waals surface area contributed by atoms with E-state index in [9.17, 15) is 0 Å². The van der Waals surface area contributed by atoms with Crippen LogP contribution in [0.5, 0.6) is 0 Å². The zero-order valence-corrected chi connectivity index (χ0v) is 23.7. The molecule has 0 atom stereocenters. The Bertz CT molecular complexity index is 872. The van der Waals surface area contributed by atoms with Gasteiger partial charge in [-0.2, -0.15) is 0 Å². The highest BCUT2D eigenvalue weighted by Crippen LogP contribution is 2.39. The van der Waals surface area contributed by atoms with Crippen LogP contribution >= 0.6 is 0 Å². The summed E-state index contributed by atoms with van der Waals surface area (Å²) in [6, 6.07) is 19.4. The predicted octanol–water partition coefficient (Wildman–Crippen LogP) is 10.6. The fraction of sp³-hybridized carbons (Fsp3) is 0.636. The molecule has 0 spiro atoms. The summed E-state index contributed by atoms with van der Waals surface area (Å²) in [6.45, 7) is 4.59. The van der Waals surface area contributed by atoms with Gasteiger partial charge in [-0.1, -0.05) is 113 Å². The van der Waals surface area contributed by atoms with Crippen LogP contribution in [0.4, 0.5) is 4.39 Å². The van der Waals surface area contributed by atoms with Gasteiger partial charge in [0, 0.05) is 14.4 Å². The van der Waals surface area contributed by atoms with Crippen molar-refractivity contribution in [2.75, 3.05) is 0 Å². The van der Waals surface area contributed by atoms with Gasteiger partial charge in [-0.15, -0.1) is 0 Å². The number of hydrogen-bond acceptors (Lipinski definition) is 0. The van der Waals surface area contributed by atoms with E-state index in [0.29, 0.717) is 11.8 Å². The summed E-state index contributed by atoms with van der Waals surface area (Å²) in [5.74, 6) is 2.18. The van der Waals surface area contributed by atoms with Crippen molar-refractivity contribution in [3.8, 4) is 11.1 Å². The molecule has 1 aliphatic carbocycles. The van der Waals surface area contributed by atoms with Crippen LogP contribution in [0, 0.1) is 11.7 Å². The highest BCUT2D eigenvalue weighted by atomic mass is 28.3. The topological polar surface area (TPSA) is 0 Å². The van der Waals surface area contributed by atoms with Crippen molar-refractivity contribution in [1.82, 2.24) is 0 Å². The summed E-state index contributed by atoms with van der Waals surface area (Å²) in [6.07, 6.45) is 17.7. The molecule has 0 unspecified atom stereocenters. The van der Waals surface area contributed by atoms with E-state index < -0.39 is 8.80 Å². The highest BCUT2D eigenvalue weighted by molar-refractivity contribution is 6.59. The molecule has 2 fully saturated rings. The number of unbranched alkanes of at least 4 members (excludes halogenated alkanes) is 4. The van der Waals surface area contributed by atoms with E-state index in [2.05, 4.69) is 44.2 Å². The first-order valence-electron chi connectivity index (χ1n) is 15.1. The summed E-state index contributed by atoms with van der Waals surface area (Å²) in [5.41, 5.74) is 4.48. The van der Waals surface area contributed by atoms with E-state index in [-0.39, 0.29) is 5.82 Å². The largest absolute Gasteiger partial charge is 0.206 e. The van der Waals surface area contributed by atoms with Crippen LogP contribution in [-0.2, 0) is 0 Å². The molecular weight excluding hydrogens is 443 g/mol. The van der Waals surface area contributed by atoms with Gasteiger partial charge in [0.15, 0.2) is 0 Å². The van der Waals surface area contributed by atoms with E-state index in [4.69, 9.17) is 0 Å². The molecule has 0 N–H and O–H groups in total. The molecule has 2 aromatic carbocycles. The third-order valence-electron chi connectivity index (χ3n) is 9.28. The smallest absolute Gasteiger partial charge is 0.131 e. The third-order valence-corrected chi connectivity index (χ3v) is 12.8. The Hall–Kier alpha value is -1.41. The van der Waals surface area contributed by atoms with Crippen molar-refractivity contribution in [3.63, 3.8) is 0 Å². The summed E-state index contributed by atoms with van der Waals surface area (Å²) in [5, 5.41) is 0. The zero-order chi connectivity index (χ0) is 24.5. The monoisotopic (exact) mass is 492 g/mol. The highest BCUT2D eigenvalue weighted by Gasteiger charge is 2.24. The van der Waals surface area contributed by atoms with Gasteiger partial charge < -0.3 is 0 Å². The Labute approximate surface area is 216 Å². The molecular formula is C33H49FSi. The Morgan fingerprint density at radius 1 is 0.714 bits per heavy atom. The lowest BCUT2D eigenvalue weighted by Crippen LogP contribution is -2.20. The second kappa shape index (κ2) is 13.8. The number of rotatable bonds is 11. The average molecular weight is 493 g/mol. The lowest BCUT2D eigenvalue weighted by Gasteiger charge is -2.29. The van der Waals surface area contributed by atoms with Gasteiger partial charge in [-0.3, -0.25) is 0 Å². The van der Waals surface area contributed by atoms with Crippen molar-refractivity contribution in [3.05, 3.63) is 59.4 Å². The third kappa shape index (κ3) is 7.54. The second-order valence-electron chi connectivity index (χ2n) is 11.8. The van der Waals surface area contributed by atoms with E-state index in [1.165, 1.54) is 113 Å². The maximum Gasteiger partial charge on any atom is 0.131 e. The Morgan fingerprint density at radius 3 is 2.00 bits per heavy atom. The Balaban J connectivity index is 1.30.